The molecule has 2 atom stereocenters. The summed E-state index contributed by atoms with van der Waals surface area (Å²) in [5.74, 6) is -0.340. The van der Waals surface area contributed by atoms with Gasteiger partial charge in [0, 0.05) is 4.88 Å². The molecule has 0 saturated heterocycles. The van der Waals surface area contributed by atoms with Gasteiger partial charge in [-0.1, -0.05) is 72.4 Å². The Bertz CT molecular complexity index is 1850. The highest BCUT2D eigenvalue weighted by atomic mass is 32.2. The van der Waals surface area contributed by atoms with Crippen molar-refractivity contribution < 1.29 is 14.3 Å². The van der Waals surface area contributed by atoms with E-state index in [0.717, 1.165) is 29.7 Å². The zero-order valence-corrected chi connectivity index (χ0v) is 25.5. The Morgan fingerprint density at radius 2 is 1.74 bits per heavy atom. The summed E-state index contributed by atoms with van der Waals surface area (Å²) in [4.78, 5) is 46.2. The number of thiophene rings is 1. The molecule has 0 fully saturated rings. The highest BCUT2D eigenvalue weighted by molar-refractivity contribution is 8.00. The van der Waals surface area contributed by atoms with Gasteiger partial charge in [-0.05, 0) is 74.4 Å². The molecule has 7 nitrogen and oxygen atoms in total. The van der Waals surface area contributed by atoms with E-state index in [1.807, 2.05) is 48.5 Å². The number of carbonyl (C=O) groups is 2. The van der Waals surface area contributed by atoms with E-state index >= 15 is 0 Å². The van der Waals surface area contributed by atoms with Gasteiger partial charge in [0.1, 0.15) is 5.00 Å². The number of nitrogens with one attached hydrogen (secondary N) is 1. The van der Waals surface area contributed by atoms with E-state index in [1.165, 1.54) is 28.7 Å². The minimum Gasteiger partial charge on any atom is -0.462 e. The van der Waals surface area contributed by atoms with E-state index in [9.17, 15) is 14.4 Å². The molecule has 43 heavy (non-hydrogen) atoms. The van der Waals surface area contributed by atoms with Gasteiger partial charge in [-0.25, -0.2) is 9.78 Å². The lowest BCUT2D eigenvalue weighted by Gasteiger charge is -2.23. The van der Waals surface area contributed by atoms with E-state index in [0.29, 0.717) is 38.2 Å². The van der Waals surface area contributed by atoms with Gasteiger partial charge in [0.05, 0.1) is 34.0 Å². The largest absolute Gasteiger partial charge is 0.462 e. The van der Waals surface area contributed by atoms with Crippen LogP contribution in [0.15, 0.2) is 94.9 Å². The average molecular weight is 610 g/mol. The number of esters is 1. The monoisotopic (exact) mass is 609 g/mol. The van der Waals surface area contributed by atoms with Crippen LogP contribution in [0.4, 0.5) is 5.00 Å². The summed E-state index contributed by atoms with van der Waals surface area (Å²) in [6.45, 7) is 3.81. The van der Waals surface area contributed by atoms with Crippen LogP contribution in [-0.4, -0.2) is 33.3 Å². The molecule has 0 spiro atoms. The fraction of sp³-hybridized carbons (Fsp3) is 0.235. The van der Waals surface area contributed by atoms with Gasteiger partial charge in [0.25, 0.3) is 5.56 Å². The van der Waals surface area contributed by atoms with E-state index < -0.39 is 11.2 Å². The number of rotatable bonds is 8. The van der Waals surface area contributed by atoms with E-state index in [2.05, 4.69) is 29.6 Å². The summed E-state index contributed by atoms with van der Waals surface area (Å²) < 4.78 is 6.97. The van der Waals surface area contributed by atoms with Crippen LogP contribution < -0.4 is 10.9 Å². The van der Waals surface area contributed by atoms with Crippen molar-refractivity contribution in [2.75, 3.05) is 11.9 Å². The van der Waals surface area contributed by atoms with Gasteiger partial charge in [0.2, 0.25) is 5.91 Å². The number of benzene rings is 3. The molecular formula is C34H31N3O4S2. The van der Waals surface area contributed by atoms with Crippen molar-refractivity contribution in [3.05, 3.63) is 117 Å². The highest BCUT2D eigenvalue weighted by Crippen LogP contribution is 2.43. The molecule has 0 aliphatic heterocycles. The first-order valence-corrected chi connectivity index (χ1v) is 16.1. The molecular weight excluding hydrogens is 579 g/mol. The number of hydrogen-bond donors (Lipinski definition) is 1. The van der Waals surface area contributed by atoms with Gasteiger partial charge in [-0.3, -0.25) is 14.2 Å². The number of amides is 1. The lowest BCUT2D eigenvalue weighted by Crippen LogP contribution is -2.26. The topological polar surface area (TPSA) is 90.3 Å². The molecule has 0 bridgehead atoms. The van der Waals surface area contributed by atoms with Gasteiger partial charge < -0.3 is 10.1 Å². The smallest absolute Gasteiger partial charge is 0.341 e. The number of ether oxygens (including phenoxy) is 1. The Kier molecular flexibility index (Phi) is 8.44. The molecule has 1 aliphatic rings. The second-order valence-corrected chi connectivity index (χ2v) is 12.8. The summed E-state index contributed by atoms with van der Waals surface area (Å²) in [7, 11) is 0. The minimum atomic E-state index is -0.616. The normalized spacial score (nSPS) is 15.1. The quantitative estimate of drug-likeness (QED) is 0.116. The van der Waals surface area contributed by atoms with Crippen molar-refractivity contribution in [3.8, 4) is 5.69 Å². The summed E-state index contributed by atoms with van der Waals surface area (Å²) in [5.41, 5.74) is 3.75. The molecule has 3 aromatic carbocycles. The molecule has 218 valence electrons. The van der Waals surface area contributed by atoms with E-state index in [1.54, 1.807) is 30.5 Å². The fourth-order valence-corrected chi connectivity index (χ4v) is 7.77. The summed E-state index contributed by atoms with van der Waals surface area (Å²) in [6.07, 6.45) is 2.47. The lowest BCUT2D eigenvalue weighted by atomic mass is 9.83. The highest BCUT2D eigenvalue weighted by Gasteiger charge is 2.32. The maximum absolute atomic E-state index is 13.7. The van der Waals surface area contributed by atoms with Crippen LogP contribution in [0.2, 0.25) is 0 Å². The lowest BCUT2D eigenvalue weighted by molar-refractivity contribution is -0.115. The number of thioether (sulfide) groups is 1. The second-order valence-electron chi connectivity index (χ2n) is 10.4. The maximum Gasteiger partial charge on any atom is 0.341 e. The molecule has 1 aliphatic carbocycles. The number of para-hydroxylation sites is 2. The molecule has 2 aromatic heterocycles. The van der Waals surface area contributed by atoms with Crippen molar-refractivity contribution in [3.63, 3.8) is 0 Å². The average Bonchev–Trinajstić information content (AvgIpc) is 3.39. The molecule has 5 aromatic rings. The van der Waals surface area contributed by atoms with Crippen LogP contribution >= 0.6 is 23.1 Å². The first-order valence-electron chi connectivity index (χ1n) is 14.4. The molecule has 1 amide bonds. The van der Waals surface area contributed by atoms with Crippen molar-refractivity contribution in [2.24, 2.45) is 0 Å². The Morgan fingerprint density at radius 3 is 2.49 bits per heavy atom. The van der Waals surface area contributed by atoms with Crippen LogP contribution in [-0.2, 0) is 22.4 Å². The second kappa shape index (κ2) is 12.6. The van der Waals surface area contributed by atoms with Crippen molar-refractivity contribution >= 4 is 50.9 Å². The predicted molar refractivity (Wildman–Crippen MR) is 173 cm³/mol. The Labute approximate surface area is 257 Å². The molecule has 9 heteroatoms. The molecule has 2 heterocycles. The first-order chi connectivity index (χ1) is 20.9. The van der Waals surface area contributed by atoms with Crippen LogP contribution in [0.1, 0.15) is 52.5 Å². The number of aromatic nitrogens is 2. The number of carbonyl (C=O) groups excluding carboxylic acids is 2. The molecule has 1 N–H and O–H groups in total. The van der Waals surface area contributed by atoms with Crippen LogP contribution in [0, 0.1) is 0 Å². The minimum absolute atomic E-state index is 0.199. The third-order valence-corrected chi connectivity index (χ3v) is 9.89. The van der Waals surface area contributed by atoms with Crippen molar-refractivity contribution in [1.82, 2.24) is 9.55 Å². The summed E-state index contributed by atoms with van der Waals surface area (Å²) in [6, 6.07) is 26.9. The van der Waals surface area contributed by atoms with Gasteiger partial charge >= 0.3 is 5.97 Å². The molecule has 6 rings (SSSR count). The van der Waals surface area contributed by atoms with Crippen molar-refractivity contribution in [2.45, 2.75) is 49.4 Å². The number of nitrogens with zero attached hydrogens (tertiary/aromatic N) is 2. The van der Waals surface area contributed by atoms with Crippen molar-refractivity contribution in [1.29, 1.82) is 0 Å². The SMILES string of the molecule is CCOC(=O)c1c(NC(=O)C(C)Sc2nc3ccccc3c(=O)n2-c2ccccc2)sc2c1CCC(c1ccccc1)C2. The summed E-state index contributed by atoms with van der Waals surface area (Å²) >= 11 is 2.66. The van der Waals surface area contributed by atoms with Crippen LogP contribution in [0.3, 0.4) is 0 Å². The number of fused-ring (bicyclic) bond motifs is 2. The summed E-state index contributed by atoms with van der Waals surface area (Å²) in [5, 5.41) is 3.85. The Morgan fingerprint density at radius 1 is 1.05 bits per heavy atom. The maximum atomic E-state index is 13.7. The van der Waals surface area contributed by atoms with Gasteiger partial charge in [-0.15, -0.1) is 11.3 Å². The molecule has 2 unspecified atom stereocenters. The Hall–Kier alpha value is -4.21. The third-order valence-electron chi connectivity index (χ3n) is 7.66. The third kappa shape index (κ3) is 5.87. The number of hydrogen-bond acceptors (Lipinski definition) is 7. The van der Waals surface area contributed by atoms with E-state index in [-0.39, 0.29) is 18.1 Å². The zero-order valence-electron chi connectivity index (χ0n) is 23.9. The molecule has 0 radical (unpaired) electrons. The van der Waals surface area contributed by atoms with E-state index in [4.69, 9.17) is 9.72 Å². The van der Waals surface area contributed by atoms with Crippen LogP contribution in [0.25, 0.3) is 16.6 Å². The fourth-order valence-electron chi connectivity index (χ4n) is 5.52. The molecule has 0 saturated carbocycles. The standard InChI is InChI=1S/C34H31N3O4S2/c1-3-41-33(40)29-26-19-18-23(22-12-6-4-7-13-22)20-28(26)43-31(29)36-30(38)21(2)42-34-35-27-17-11-10-16-25(27)32(39)37(34)24-14-8-5-9-15-24/h4-17,21,23H,3,18-20H2,1-2H3,(H,36,38). The van der Waals surface area contributed by atoms with Gasteiger partial charge in [-0.2, -0.15) is 0 Å². The number of anilines is 1. The Balaban J connectivity index is 1.30. The zero-order chi connectivity index (χ0) is 29.9. The predicted octanol–water partition coefficient (Wildman–Crippen LogP) is 7.02. The first kappa shape index (κ1) is 28.9. The van der Waals surface area contributed by atoms with Crippen LogP contribution in [0.5, 0.6) is 0 Å². The van der Waals surface area contributed by atoms with Gasteiger partial charge in [0.15, 0.2) is 5.16 Å².